The summed E-state index contributed by atoms with van der Waals surface area (Å²) in [6.45, 7) is 20.9. The smallest absolute Gasteiger partial charge is 0.332 e. The largest absolute Gasteiger partial charge is 0.460 e. The highest BCUT2D eigenvalue weighted by atomic mass is 16.6. The van der Waals surface area contributed by atoms with Crippen molar-refractivity contribution >= 4 is 86.7 Å². The van der Waals surface area contributed by atoms with Gasteiger partial charge in [0.25, 0.3) is 17.6 Å². The van der Waals surface area contributed by atoms with E-state index in [4.69, 9.17) is 58.2 Å². The Kier molecular flexibility index (Phi) is 40.1. The number of anilines is 3. The molecule has 4 fully saturated rings. The Morgan fingerprint density at radius 1 is 0.746 bits per heavy atom. The van der Waals surface area contributed by atoms with E-state index in [0.717, 1.165) is 47.0 Å². The lowest BCUT2D eigenvalue weighted by Crippen LogP contribution is -2.61. The second kappa shape index (κ2) is 51.1. The molecule has 6 N–H and O–H groups in total. The number of piperidine rings is 1. The van der Waals surface area contributed by atoms with E-state index in [2.05, 4.69) is 55.0 Å². The number of H-pyrrole nitrogens is 1. The molecule has 6 aromatic rings. The number of Topliss-reactive ketones (excluding diaryl/α,β-unsaturated/α-hetero) is 4. The van der Waals surface area contributed by atoms with Gasteiger partial charge in [-0.05, 0) is 150 Å². The minimum absolute atomic E-state index is 0.000689. The van der Waals surface area contributed by atoms with E-state index < -0.39 is 102 Å². The summed E-state index contributed by atoms with van der Waals surface area (Å²) < 4.78 is 58.8. The number of unbranched alkanes of at least 4 members (excludes halogenated alkanes) is 1. The van der Waals surface area contributed by atoms with Crippen molar-refractivity contribution in [2.45, 2.75) is 232 Å². The lowest BCUT2D eigenvalue weighted by atomic mass is 9.78. The minimum atomic E-state index is -2.46. The van der Waals surface area contributed by atoms with Crippen LogP contribution >= 0.6 is 0 Å². The molecule has 0 radical (unpaired) electrons. The first-order chi connectivity index (χ1) is 62.6. The normalized spacial score (nSPS) is 26.6. The number of methoxy groups -OCH3 is 4. The number of hydrogen-bond donors (Lipinski definition) is 5. The third-order valence-corrected chi connectivity index (χ3v) is 25.1. The van der Waals surface area contributed by atoms with E-state index in [0.29, 0.717) is 201 Å². The van der Waals surface area contributed by atoms with Crippen LogP contribution in [0.3, 0.4) is 0 Å². The third kappa shape index (κ3) is 28.7. The maximum atomic E-state index is 14.6. The fraction of sp³-hybridized carbons (Fsp3) is 0.621. The standard InChI is InChI=1S/C60H95NO17.C35H40N14O3/c1-12-26-73-27-28-74-29-30-75-37-53(63)76-49-24-22-45(34-52(49)71-10)33-41(5)51-36-48(62)40(4)32-43(7)55(65)56(72-11)54(64)42(6)31-38(2)18-14-13-15-19-39(3)50(70-9)35-46-23-21-44(8)60(69,78-46)57(66)58(67)61-25-17-16-20-47(61)59(68)77-51;1-52-15-7-27(50)5-4-23-17-40-34(41-18-23)47-11-13-48(14-12-47)35-42-20-26(21-43-35)33(51)38-8-2-3-10-49-32-28(30(36)44-22-45-32)29(46-49)25-16-24-6-9-37-31(24)39-19-25/h13-15,18-19,32,38,40-42,44-47,49-52,55-56,65,69H,12,16-17,20-31,33-37H2,1-11H3;6,9,16-22H,2-5,7-8,10-15H2,1H3,(H,37,39)(H,38,51)(H2,36,44,45)/b15-13+,18-14+,39-19+,43-32+;/t38-,40-,41-,42-,44-,45+,46+,47+,49-,50+,51+,52-,55-,56+,60-;/m1./s1. The highest BCUT2D eigenvalue weighted by Crippen LogP contribution is 2.40. The van der Waals surface area contributed by atoms with Crippen LogP contribution in [0, 0.1) is 35.5 Å². The van der Waals surface area contributed by atoms with Gasteiger partial charge in [0.15, 0.2) is 11.4 Å². The number of aliphatic hydroxyl groups excluding tert-OH is 1. The topological polar surface area (TPSA) is 441 Å². The number of amides is 2. The zero-order valence-corrected chi connectivity index (χ0v) is 77.6. The van der Waals surface area contributed by atoms with Crippen molar-refractivity contribution in [1.82, 2.24) is 59.9 Å². The summed E-state index contributed by atoms with van der Waals surface area (Å²) in [5, 5.41) is 33.0. The molecule has 35 heteroatoms. The Morgan fingerprint density at radius 2 is 1.46 bits per heavy atom. The molecule has 1 saturated carbocycles. The molecule has 11 rings (SSSR count). The Bertz CT molecular complexity index is 4800. The predicted octanol–water partition coefficient (Wildman–Crippen LogP) is 9.80. The molecule has 0 spiro atoms. The van der Waals surface area contributed by atoms with Crippen LogP contribution < -0.4 is 20.9 Å². The first-order valence-electron chi connectivity index (χ1n) is 45.9. The van der Waals surface area contributed by atoms with E-state index in [1.54, 1.807) is 79.2 Å². The second-order valence-electron chi connectivity index (χ2n) is 34.9. The molecule has 0 unspecified atom stereocenters. The van der Waals surface area contributed by atoms with Crippen molar-refractivity contribution in [3.05, 3.63) is 114 Å². The number of aromatic amines is 1. The van der Waals surface area contributed by atoms with Crippen LogP contribution in [0.4, 0.5) is 17.7 Å². The number of fused-ring (bicyclic) bond motifs is 5. The van der Waals surface area contributed by atoms with Crippen molar-refractivity contribution in [3.8, 4) is 11.3 Å². The van der Waals surface area contributed by atoms with Crippen LogP contribution in [0.1, 0.15) is 180 Å². The van der Waals surface area contributed by atoms with Gasteiger partial charge in [0, 0.05) is 172 Å². The van der Waals surface area contributed by atoms with E-state index in [-0.39, 0.29) is 67.7 Å². The van der Waals surface area contributed by atoms with E-state index >= 15 is 0 Å². The summed E-state index contributed by atoms with van der Waals surface area (Å²) in [6, 6.07) is 2.79. The summed E-state index contributed by atoms with van der Waals surface area (Å²) in [5.74, 6) is -7.38. The molecule has 35 nitrogen and oxygen atoms in total. The van der Waals surface area contributed by atoms with Crippen molar-refractivity contribution in [2.24, 2.45) is 35.5 Å². The molecule has 10 heterocycles. The SMILES string of the molecule is CCCOCCOCCOCC(=O)O[C@@H]1CC[C@@H](C[C@@H](C)[C@@H]2CC(=O)[C@H](C)/C=C(\C)[C@@H](O)[C@@H](OC)C(=O)[C@H](C)C[C@H](C)/C=C/C=C/C=C(\C)[C@@H](OC)C[C@@H]3CC[C@@H](C)[C@@](O)(O3)C(=O)C(=O)N3CCCC[C@H]3C(=O)O2)C[C@H]1OC.COCCC(=O)CCc1cnc(N2CCN(c3ncc(C(=O)NCCCCn4nc(-c5cnc6[nH]ccc6c5)c5c(N)ncnc54)cn3)CC2)nc1. The predicted molar refractivity (Wildman–Crippen MR) is 486 cm³/mol. The number of nitrogens with two attached hydrogens (primary N) is 1. The van der Waals surface area contributed by atoms with E-state index in [9.17, 15) is 48.6 Å². The summed E-state index contributed by atoms with van der Waals surface area (Å²) in [7, 11) is 6.10. The van der Waals surface area contributed by atoms with Crippen molar-refractivity contribution in [3.63, 3.8) is 0 Å². The number of nitrogens with one attached hydrogen (secondary N) is 2. The number of ether oxygens (including phenoxy) is 10. The van der Waals surface area contributed by atoms with Gasteiger partial charge >= 0.3 is 11.9 Å². The maximum absolute atomic E-state index is 14.6. The van der Waals surface area contributed by atoms with Gasteiger partial charge in [-0.2, -0.15) is 5.10 Å². The average molecular weight is 1810 g/mol. The number of aryl methyl sites for hydroxylation is 2. The summed E-state index contributed by atoms with van der Waals surface area (Å²) >= 11 is 0. The van der Waals surface area contributed by atoms with Gasteiger partial charge in [0.1, 0.15) is 72.1 Å². The van der Waals surface area contributed by atoms with Gasteiger partial charge in [-0.15, -0.1) is 0 Å². The molecule has 1 aliphatic carbocycles. The number of cyclic esters (lactones) is 1. The molecule has 6 aromatic heterocycles. The Labute approximate surface area is 761 Å². The summed E-state index contributed by atoms with van der Waals surface area (Å²) in [5.41, 5.74) is 11.8. The van der Waals surface area contributed by atoms with E-state index in [1.807, 2.05) is 88.0 Å². The van der Waals surface area contributed by atoms with Crippen molar-refractivity contribution in [2.75, 3.05) is 129 Å². The van der Waals surface area contributed by atoms with Crippen LogP contribution in [0.2, 0.25) is 0 Å². The molecule has 2 bridgehead atoms. The van der Waals surface area contributed by atoms with Crippen LogP contribution in [0.25, 0.3) is 33.3 Å². The number of aromatic nitrogens is 10. The van der Waals surface area contributed by atoms with Crippen molar-refractivity contribution in [1.29, 1.82) is 0 Å². The lowest BCUT2D eigenvalue weighted by Gasteiger charge is -2.42. The number of piperazine rings is 1. The molecule has 130 heavy (non-hydrogen) atoms. The van der Waals surface area contributed by atoms with Crippen LogP contribution in [0.15, 0.2) is 103 Å². The first kappa shape index (κ1) is 102. The molecular formula is C95H135N15O20. The molecule has 2 amide bonds. The second-order valence-corrected chi connectivity index (χ2v) is 34.9. The molecule has 710 valence electrons. The van der Waals surface area contributed by atoms with Gasteiger partial charge in [0.2, 0.25) is 17.7 Å². The first-order valence-corrected chi connectivity index (χ1v) is 45.9. The Morgan fingerprint density at radius 3 is 2.16 bits per heavy atom. The quantitative estimate of drug-likeness (QED) is 0.0113. The third-order valence-electron chi connectivity index (χ3n) is 25.1. The maximum Gasteiger partial charge on any atom is 0.332 e. The van der Waals surface area contributed by atoms with Gasteiger partial charge in [0.05, 0.1) is 62.3 Å². The highest BCUT2D eigenvalue weighted by Gasteiger charge is 2.53. The monoisotopic (exact) mass is 1810 g/mol. The van der Waals surface area contributed by atoms with Crippen LogP contribution in [-0.4, -0.2) is 280 Å². The number of ketones is 4. The average Bonchev–Trinajstić information content (AvgIpc) is 1.74. The molecule has 3 saturated heterocycles. The number of hydrogen-bond acceptors (Lipinski definition) is 31. The van der Waals surface area contributed by atoms with Crippen molar-refractivity contribution < 1.29 is 95.9 Å². The number of carbonyl (C=O) groups is 8. The number of carbonyl (C=O) groups excluding carboxylic acids is 8. The van der Waals surface area contributed by atoms with Gasteiger partial charge < -0.3 is 88.3 Å². The number of pyridine rings is 1. The molecule has 4 aliphatic heterocycles. The minimum Gasteiger partial charge on any atom is -0.460 e. The Balaban J connectivity index is 0.000000291. The number of rotatable bonds is 32. The number of esters is 2. The summed E-state index contributed by atoms with van der Waals surface area (Å²) in [4.78, 5) is 149. The fourth-order valence-corrected chi connectivity index (χ4v) is 17.3. The Hall–Kier alpha value is -10.1. The van der Waals surface area contributed by atoms with Gasteiger partial charge in [-0.3, -0.25) is 28.8 Å². The number of allylic oxidation sites excluding steroid dienone is 6. The summed E-state index contributed by atoms with van der Waals surface area (Å²) in [6.07, 6.45) is 26.1. The number of nitrogen functional groups attached to an aromatic ring is 1. The lowest BCUT2D eigenvalue weighted by molar-refractivity contribution is -0.265. The molecule has 0 aromatic carbocycles. The number of aliphatic hydroxyl groups is 2. The number of nitrogens with zero attached hydrogens (tertiary/aromatic N) is 12. The fourth-order valence-electron chi connectivity index (χ4n) is 17.3. The van der Waals surface area contributed by atoms with Crippen LogP contribution in [-0.2, 0) is 93.9 Å². The molecular weight excluding hydrogens is 1670 g/mol. The highest BCUT2D eigenvalue weighted by molar-refractivity contribution is 6.39. The zero-order chi connectivity index (χ0) is 93.4. The van der Waals surface area contributed by atoms with Crippen LogP contribution in [0.5, 0.6) is 0 Å². The molecule has 15 atom stereocenters. The zero-order valence-electron chi connectivity index (χ0n) is 77.6. The van der Waals surface area contributed by atoms with Gasteiger partial charge in [-0.1, -0.05) is 78.0 Å². The van der Waals surface area contributed by atoms with E-state index in [1.165, 1.54) is 18.3 Å². The van der Waals surface area contributed by atoms with Gasteiger partial charge in [-0.25, -0.2) is 49.2 Å². The molecule has 5 aliphatic rings.